The number of sulfone groups is 2. The second-order valence-corrected chi connectivity index (χ2v) is 14.9. The summed E-state index contributed by atoms with van der Waals surface area (Å²) in [4.78, 5) is 35.1. The topological polar surface area (TPSA) is 187 Å². The van der Waals surface area contributed by atoms with Gasteiger partial charge in [-0.3, -0.25) is 9.89 Å². The third-order valence-corrected chi connectivity index (χ3v) is 12.1. The lowest BCUT2D eigenvalue weighted by molar-refractivity contribution is -0.118. The predicted octanol–water partition coefficient (Wildman–Crippen LogP) is 2.19. The number of benzene rings is 3. The van der Waals surface area contributed by atoms with E-state index in [0.717, 1.165) is 33.9 Å². The molecule has 0 atom stereocenters. The van der Waals surface area contributed by atoms with E-state index in [0.29, 0.717) is 22.6 Å². The second-order valence-electron chi connectivity index (χ2n) is 10.3. The van der Waals surface area contributed by atoms with Gasteiger partial charge in [-0.25, -0.2) is 26.6 Å². The van der Waals surface area contributed by atoms with Gasteiger partial charge in [0.25, 0.3) is 9.99 Å². The third kappa shape index (κ3) is 4.60. The van der Waals surface area contributed by atoms with Crippen LogP contribution in [0.2, 0.25) is 0 Å². The van der Waals surface area contributed by atoms with Gasteiger partial charge in [-0.15, -0.1) is 0 Å². The van der Waals surface area contributed by atoms with Gasteiger partial charge in [-0.2, -0.15) is 5.10 Å². The van der Waals surface area contributed by atoms with Gasteiger partial charge < -0.3 is 20.5 Å². The molecule has 0 radical (unpaired) electrons. The zero-order chi connectivity index (χ0) is 30.6. The average molecular weight is 622 g/mol. The summed E-state index contributed by atoms with van der Waals surface area (Å²) in [6.07, 6.45) is 1.46. The highest BCUT2D eigenvalue weighted by Crippen LogP contribution is 2.49. The van der Waals surface area contributed by atoms with Crippen LogP contribution in [0.5, 0.6) is 0 Å². The number of para-hydroxylation sites is 1. The lowest BCUT2D eigenvalue weighted by Crippen LogP contribution is -2.52. The van der Waals surface area contributed by atoms with E-state index < -0.39 is 35.7 Å². The number of fused-ring (bicyclic) bond motifs is 3. The summed E-state index contributed by atoms with van der Waals surface area (Å²) >= 11 is 0. The van der Waals surface area contributed by atoms with E-state index in [1.54, 1.807) is 0 Å². The molecule has 222 valence electrons. The van der Waals surface area contributed by atoms with Crippen molar-refractivity contribution in [1.29, 1.82) is 0 Å². The Bertz CT molecular complexity index is 2090. The van der Waals surface area contributed by atoms with Crippen LogP contribution in [0.1, 0.15) is 11.1 Å². The first-order chi connectivity index (χ1) is 20.4. The Kier molecular flexibility index (Phi) is 6.73. The minimum absolute atomic E-state index is 0.0739. The van der Waals surface area contributed by atoms with Crippen molar-refractivity contribution in [3.05, 3.63) is 77.9 Å². The molecule has 0 unspecified atom stereocenters. The number of imidazole rings is 1. The van der Waals surface area contributed by atoms with Gasteiger partial charge >= 0.3 is 6.03 Å². The fraction of sp³-hybridized carbons (Fsp3) is 0.214. The highest BCUT2D eigenvalue weighted by molar-refractivity contribution is 8.10. The molecule has 0 saturated carbocycles. The normalized spacial score (nSPS) is 14.7. The minimum atomic E-state index is -4.56. The van der Waals surface area contributed by atoms with Crippen LogP contribution in [0.25, 0.3) is 33.5 Å². The highest BCUT2D eigenvalue weighted by Gasteiger charge is 2.65. The summed E-state index contributed by atoms with van der Waals surface area (Å²) in [5.74, 6) is -0.764. The molecular formula is C28H27N7O6S2. The molecule has 0 saturated heterocycles. The number of urea groups is 1. The van der Waals surface area contributed by atoms with E-state index in [4.69, 9.17) is 0 Å². The molecule has 1 aliphatic rings. The van der Waals surface area contributed by atoms with Crippen molar-refractivity contribution in [2.24, 2.45) is 0 Å². The molecule has 3 heterocycles. The van der Waals surface area contributed by atoms with E-state index in [1.807, 2.05) is 54.6 Å². The molecule has 0 spiro atoms. The fourth-order valence-electron chi connectivity index (χ4n) is 5.53. The number of aromatic nitrogens is 4. The van der Waals surface area contributed by atoms with Crippen molar-refractivity contribution < 1.29 is 26.4 Å². The number of H-pyrrole nitrogens is 2. The van der Waals surface area contributed by atoms with Gasteiger partial charge in [0, 0.05) is 43.1 Å². The number of rotatable bonds is 8. The molecule has 0 bridgehead atoms. The Morgan fingerprint density at radius 1 is 0.930 bits per heavy atom. The van der Waals surface area contributed by atoms with Crippen LogP contribution in [0.4, 0.5) is 10.5 Å². The van der Waals surface area contributed by atoms with E-state index in [9.17, 15) is 26.4 Å². The quantitative estimate of drug-likeness (QED) is 0.203. The number of amides is 3. The van der Waals surface area contributed by atoms with Crippen LogP contribution in [-0.4, -0.2) is 74.5 Å². The maximum absolute atomic E-state index is 13.9. The number of carbonyl (C=O) groups excluding carboxylic acids is 2. The first-order valence-electron chi connectivity index (χ1n) is 13.2. The summed E-state index contributed by atoms with van der Waals surface area (Å²) in [6.45, 7) is -0.00311. The van der Waals surface area contributed by atoms with Crippen LogP contribution >= 0.6 is 0 Å². The Hall–Kier alpha value is -4.76. The van der Waals surface area contributed by atoms with Crippen molar-refractivity contribution in [3.63, 3.8) is 0 Å². The van der Waals surface area contributed by atoms with Crippen LogP contribution < -0.4 is 15.5 Å². The van der Waals surface area contributed by atoms with Crippen LogP contribution in [0.15, 0.2) is 66.7 Å². The monoisotopic (exact) mass is 621 g/mol. The largest absolute Gasteiger partial charge is 0.337 e. The predicted molar refractivity (Wildman–Crippen MR) is 162 cm³/mol. The van der Waals surface area contributed by atoms with Gasteiger partial charge in [0.15, 0.2) is 25.5 Å². The maximum Gasteiger partial charge on any atom is 0.315 e. The summed E-state index contributed by atoms with van der Waals surface area (Å²) < 4.78 is 50.1. The van der Waals surface area contributed by atoms with Gasteiger partial charge in [0.1, 0.15) is 5.69 Å². The zero-order valence-electron chi connectivity index (χ0n) is 23.1. The van der Waals surface area contributed by atoms with E-state index >= 15 is 0 Å². The fourth-order valence-corrected chi connectivity index (χ4v) is 9.71. The lowest BCUT2D eigenvalue weighted by Gasteiger charge is -2.25. The molecule has 4 N–H and O–H groups in total. The van der Waals surface area contributed by atoms with Gasteiger partial charge in [0.2, 0.25) is 0 Å². The molecule has 0 fully saturated rings. The van der Waals surface area contributed by atoms with Crippen molar-refractivity contribution in [2.45, 2.75) is 10.6 Å². The van der Waals surface area contributed by atoms with Gasteiger partial charge in [-0.05, 0) is 23.8 Å². The summed E-state index contributed by atoms with van der Waals surface area (Å²) in [6, 6.07) is 19.0. The zero-order valence-corrected chi connectivity index (χ0v) is 24.7. The number of nitrogens with one attached hydrogen (secondary N) is 4. The van der Waals surface area contributed by atoms with Gasteiger partial charge in [0.05, 0.1) is 22.2 Å². The molecule has 5 aromatic rings. The molecule has 15 heteroatoms. The Morgan fingerprint density at radius 2 is 1.63 bits per heavy atom. The average Bonchev–Trinajstić information content (AvgIpc) is 3.63. The van der Waals surface area contributed by atoms with Crippen molar-refractivity contribution in [1.82, 2.24) is 30.8 Å². The van der Waals surface area contributed by atoms with E-state index in [2.05, 4.69) is 30.8 Å². The van der Waals surface area contributed by atoms with E-state index in [-0.39, 0.29) is 30.9 Å². The summed E-state index contributed by atoms with van der Waals surface area (Å²) in [5, 5.41) is 13.4. The standard InChI is InChI=1S/C28H27N7O6S2/c1-42(38,39)28(43(2,40)41)19-14-21-22(32-25(31-21)24-18-10-6-7-11-20(18)33-34-24)15-23(19)35(26(28)36)13-12-29-27(37)30-16-17-8-4-3-5-9-17/h3-11,14-15H,12-13,16H2,1-2H3,(H,31,32)(H,33,34)(H2,29,30,37). The first kappa shape index (κ1) is 28.4. The van der Waals surface area contributed by atoms with Crippen molar-refractivity contribution in [3.8, 4) is 11.5 Å². The maximum atomic E-state index is 13.9. The number of carbonyl (C=O) groups is 2. The second kappa shape index (κ2) is 10.2. The lowest BCUT2D eigenvalue weighted by atomic mass is 10.1. The molecule has 6 rings (SSSR count). The van der Waals surface area contributed by atoms with Crippen molar-refractivity contribution in [2.75, 3.05) is 30.5 Å². The first-order valence-corrected chi connectivity index (χ1v) is 16.9. The molecule has 43 heavy (non-hydrogen) atoms. The molecule has 0 aliphatic carbocycles. The molecule has 13 nitrogen and oxygen atoms in total. The number of anilines is 1. The van der Waals surface area contributed by atoms with E-state index in [1.165, 1.54) is 12.1 Å². The Labute approximate surface area is 246 Å². The summed E-state index contributed by atoms with van der Waals surface area (Å²) in [5.41, 5.74) is 2.75. The van der Waals surface area contributed by atoms with Crippen LogP contribution in [0.3, 0.4) is 0 Å². The molecule has 3 aromatic carbocycles. The van der Waals surface area contributed by atoms with Gasteiger partial charge in [-0.1, -0.05) is 48.5 Å². The number of hydrogen-bond donors (Lipinski definition) is 4. The Balaban J connectivity index is 1.37. The van der Waals surface area contributed by atoms with Crippen LogP contribution in [-0.2, 0) is 35.1 Å². The molecule has 1 aliphatic heterocycles. The molecule has 3 amide bonds. The smallest absolute Gasteiger partial charge is 0.315 e. The summed E-state index contributed by atoms with van der Waals surface area (Å²) in [7, 11) is -9.12. The molecule has 2 aromatic heterocycles. The highest BCUT2D eigenvalue weighted by atomic mass is 32.3. The number of nitrogens with zero attached hydrogens (tertiary/aromatic N) is 3. The minimum Gasteiger partial charge on any atom is -0.337 e. The van der Waals surface area contributed by atoms with Crippen LogP contribution in [0, 0.1) is 0 Å². The Morgan fingerprint density at radius 3 is 2.35 bits per heavy atom. The molecular weight excluding hydrogens is 594 g/mol. The van der Waals surface area contributed by atoms with Crippen molar-refractivity contribution >= 4 is 59.2 Å². The SMILES string of the molecule is CS(=O)(=O)C1(S(C)(=O)=O)C(=O)N(CCNC(=O)NCc2ccccc2)c2cc3nc(-c4n[nH]c5ccccc45)[nH]c3cc21. The third-order valence-electron chi connectivity index (χ3n) is 7.43. The number of hydrogen-bond acceptors (Lipinski definition) is 8. The number of aromatic amines is 2.